The maximum Gasteiger partial charge on any atom is 0.331 e. The van der Waals surface area contributed by atoms with Crippen molar-refractivity contribution in [1.82, 2.24) is 0 Å². The van der Waals surface area contributed by atoms with Gasteiger partial charge in [0.05, 0.1) is 0 Å². The average Bonchev–Trinajstić information content (AvgIpc) is 2.91. The van der Waals surface area contributed by atoms with E-state index in [2.05, 4.69) is 61.5 Å². The minimum Gasteiger partial charge on any atom is -0.459 e. The van der Waals surface area contributed by atoms with Crippen molar-refractivity contribution < 1.29 is 9.53 Å². The van der Waals surface area contributed by atoms with Crippen LogP contribution in [0.1, 0.15) is 125 Å². The monoisotopic (exact) mass is 556 g/mol. The first kappa shape index (κ1) is 29.3. The van der Waals surface area contributed by atoms with Gasteiger partial charge in [-0.05, 0) is 121 Å². The van der Waals surface area contributed by atoms with E-state index in [0.717, 1.165) is 24.3 Å². The van der Waals surface area contributed by atoms with Crippen molar-refractivity contribution in [3.05, 3.63) is 53.6 Å². The molecule has 6 rings (SSSR count). The van der Waals surface area contributed by atoms with Gasteiger partial charge >= 0.3 is 5.97 Å². The second-order valence-electron chi connectivity index (χ2n) is 17.4. The molecule has 0 heterocycles. The quantitative estimate of drug-likeness (QED) is 0.210. The van der Waals surface area contributed by atoms with Crippen molar-refractivity contribution in [2.24, 2.45) is 50.2 Å². The van der Waals surface area contributed by atoms with Crippen LogP contribution in [0.15, 0.2) is 48.1 Å². The number of carbonyl (C=O) groups is 1. The zero-order valence-electron chi connectivity index (χ0n) is 27.3. The minimum atomic E-state index is -0.199. The first-order valence-electron chi connectivity index (χ1n) is 16.8. The Morgan fingerprint density at radius 2 is 1.54 bits per heavy atom. The molecule has 0 amide bonds. The van der Waals surface area contributed by atoms with Crippen LogP contribution in [0.4, 0.5) is 0 Å². The van der Waals surface area contributed by atoms with Crippen LogP contribution in [0.2, 0.25) is 0 Å². The predicted molar refractivity (Wildman–Crippen MR) is 170 cm³/mol. The molecule has 2 heteroatoms. The van der Waals surface area contributed by atoms with E-state index in [4.69, 9.17) is 4.74 Å². The van der Waals surface area contributed by atoms with Crippen molar-refractivity contribution in [3.8, 4) is 0 Å². The normalized spacial score (nSPS) is 44.5. The molecule has 0 N–H and O–H groups in total. The van der Waals surface area contributed by atoms with Gasteiger partial charge in [-0.2, -0.15) is 0 Å². The fourth-order valence-corrected chi connectivity index (χ4v) is 11.6. The van der Waals surface area contributed by atoms with Crippen LogP contribution in [0.25, 0.3) is 6.08 Å². The molecular weight excluding hydrogens is 500 g/mol. The predicted octanol–water partition coefficient (Wildman–Crippen LogP) is 10.4. The maximum absolute atomic E-state index is 13.0. The van der Waals surface area contributed by atoms with E-state index in [1.54, 1.807) is 6.08 Å². The largest absolute Gasteiger partial charge is 0.459 e. The number of carbonyl (C=O) groups excluding carboxylic acids is 1. The smallest absolute Gasteiger partial charge is 0.331 e. The Balaban J connectivity index is 1.25. The zero-order chi connectivity index (χ0) is 29.5. The summed E-state index contributed by atoms with van der Waals surface area (Å²) in [6, 6.07) is 10.0. The Hall–Kier alpha value is -1.83. The third kappa shape index (κ3) is 4.43. The van der Waals surface area contributed by atoms with Gasteiger partial charge in [0.15, 0.2) is 0 Å². The van der Waals surface area contributed by atoms with Gasteiger partial charge in [0.1, 0.15) is 6.10 Å². The highest BCUT2D eigenvalue weighted by Crippen LogP contribution is 2.75. The van der Waals surface area contributed by atoms with E-state index in [1.807, 2.05) is 42.0 Å². The third-order valence-corrected chi connectivity index (χ3v) is 14.5. The molecule has 1 aromatic rings. The number of benzene rings is 1. The van der Waals surface area contributed by atoms with Crippen molar-refractivity contribution in [2.75, 3.05) is 0 Å². The Labute approximate surface area is 250 Å². The summed E-state index contributed by atoms with van der Waals surface area (Å²) in [4.78, 5) is 13.0. The Morgan fingerprint density at radius 1 is 0.829 bits per heavy atom. The Kier molecular flexibility index (Phi) is 6.84. The molecule has 0 aromatic heterocycles. The lowest BCUT2D eigenvalue weighted by molar-refractivity contribution is -0.210. The number of hydrogen-bond donors (Lipinski definition) is 0. The van der Waals surface area contributed by atoms with E-state index in [0.29, 0.717) is 33.5 Å². The van der Waals surface area contributed by atoms with E-state index in [-0.39, 0.29) is 22.9 Å². The summed E-state index contributed by atoms with van der Waals surface area (Å²) >= 11 is 0. The van der Waals surface area contributed by atoms with Gasteiger partial charge in [-0.15, -0.1) is 0 Å². The Morgan fingerprint density at radius 3 is 2.27 bits per heavy atom. The third-order valence-electron chi connectivity index (χ3n) is 14.5. The van der Waals surface area contributed by atoms with Gasteiger partial charge < -0.3 is 4.74 Å². The van der Waals surface area contributed by atoms with E-state index < -0.39 is 0 Å². The number of fused-ring (bicyclic) bond motifs is 7. The first-order valence-corrected chi connectivity index (χ1v) is 16.8. The minimum absolute atomic E-state index is 0.0250. The molecule has 2 nitrogen and oxygen atoms in total. The van der Waals surface area contributed by atoms with Crippen LogP contribution in [-0.4, -0.2) is 12.1 Å². The number of allylic oxidation sites excluding steroid dienone is 2. The zero-order valence-corrected chi connectivity index (χ0v) is 27.3. The lowest BCUT2D eigenvalue weighted by Crippen LogP contribution is -2.64. The standard InChI is InChI=1S/C39H56O2/c1-34(2)22-23-36(5)24-25-38(7)28(29(36)26-34)15-16-31-37(6)20-19-32(35(3,4)30(37)18-21-39(31,38)8)41-33(40)17-14-27-12-10-9-11-13-27/h9-15,17,29-32H,16,18-26H2,1-8H3/t29-,30+,31+,32+,36-,37+,38-,39-/m1/s1. The van der Waals surface area contributed by atoms with Crippen LogP contribution < -0.4 is 0 Å². The number of ether oxygens (including phenoxy) is 1. The van der Waals surface area contributed by atoms with Gasteiger partial charge in [-0.1, -0.05) is 97.4 Å². The molecule has 4 saturated carbocycles. The molecular formula is C39H56O2. The molecule has 224 valence electrons. The van der Waals surface area contributed by atoms with Crippen molar-refractivity contribution in [2.45, 2.75) is 126 Å². The lowest BCUT2D eigenvalue weighted by atomic mass is 9.33. The van der Waals surface area contributed by atoms with E-state index in [9.17, 15) is 4.79 Å². The van der Waals surface area contributed by atoms with Gasteiger partial charge in [0, 0.05) is 11.5 Å². The molecule has 5 aliphatic rings. The van der Waals surface area contributed by atoms with Crippen molar-refractivity contribution in [1.29, 1.82) is 0 Å². The molecule has 5 aliphatic carbocycles. The van der Waals surface area contributed by atoms with E-state index >= 15 is 0 Å². The summed E-state index contributed by atoms with van der Waals surface area (Å²) in [6.07, 6.45) is 19.1. The van der Waals surface area contributed by atoms with Crippen molar-refractivity contribution >= 4 is 12.0 Å². The summed E-state index contributed by atoms with van der Waals surface area (Å²) in [5.41, 5.74) is 4.72. The fourth-order valence-electron chi connectivity index (χ4n) is 11.6. The highest BCUT2D eigenvalue weighted by Gasteiger charge is 2.68. The summed E-state index contributed by atoms with van der Waals surface area (Å²) in [7, 11) is 0. The van der Waals surface area contributed by atoms with E-state index in [1.165, 1.54) is 51.4 Å². The number of rotatable bonds is 3. The summed E-state index contributed by atoms with van der Waals surface area (Å²) < 4.78 is 6.24. The fraction of sp³-hybridized carbons (Fsp3) is 0.718. The summed E-state index contributed by atoms with van der Waals surface area (Å²) in [6.45, 7) is 20.5. The molecule has 0 unspecified atom stereocenters. The SMILES string of the molecule is CC1(C)CC[C@]2(C)CC[C@]3(C)C(=CC[C@H]4[C@@]5(C)CC[C@H](OC(=O)C=Cc6ccccc6)C(C)(C)[C@@H]5CC[C@]43C)[C@H]2C1. The molecule has 4 fully saturated rings. The van der Waals surface area contributed by atoms with Gasteiger partial charge in [0.2, 0.25) is 0 Å². The Bertz CT molecular complexity index is 1240. The topological polar surface area (TPSA) is 26.3 Å². The molecule has 0 bridgehead atoms. The average molecular weight is 557 g/mol. The van der Waals surface area contributed by atoms with Gasteiger partial charge in [0.25, 0.3) is 0 Å². The first-order chi connectivity index (χ1) is 19.1. The van der Waals surface area contributed by atoms with Crippen LogP contribution >= 0.6 is 0 Å². The van der Waals surface area contributed by atoms with Gasteiger partial charge in [-0.25, -0.2) is 4.79 Å². The molecule has 0 radical (unpaired) electrons. The number of hydrogen-bond acceptors (Lipinski definition) is 2. The highest BCUT2D eigenvalue weighted by molar-refractivity contribution is 5.87. The molecule has 0 saturated heterocycles. The molecule has 41 heavy (non-hydrogen) atoms. The van der Waals surface area contributed by atoms with Crippen LogP contribution in [0.3, 0.4) is 0 Å². The van der Waals surface area contributed by atoms with Gasteiger partial charge in [-0.3, -0.25) is 0 Å². The molecule has 0 aliphatic heterocycles. The second-order valence-corrected chi connectivity index (χ2v) is 17.4. The lowest BCUT2D eigenvalue weighted by Gasteiger charge is -2.71. The van der Waals surface area contributed by atoms with Crippen LogP contribution in [0.5, 0.6) is 0 Å². The second kappa shape index (κ2) is 9.59. The molecule has 0 spiro atoms. The van der Waals surface area contributed by atoms with Crippen molar-refractivity contribution in [3.63, 3.8) is 0 Å². The molecule has 1 aromatic carbocycles. The highest BCUT2D eigenvalue weighted by atomic mass is 16.5. The maximum atomic E-state index is 13.0. The van der Waals surface area contributed by atoms with Crippen LogP contribution in [-0.2, 0) is 9.53 Å². The molecule has 8 atom stereocenters. The summed E-state index contributed by atoms with van der Waals surface area (Å²) in [5, 5.41) is 0. The summed E-state index contributed by atoms with van der Waals surface area (Å²) in [5.74, 6) is 1.81. The van der Waals surface area contributed by atoms with Crippen LogP contribution in [0, 0.1) is 50.2 Å². The number of esters is 1.